The van der Waals surface area contributed by atoms with Crippen LogP contribution in [0.15, 0.2) is 18.2 Å². The molecule has 0 spiro atoms. The van der Waals surface area contributed by atoms with Gasteiger partial charge >= 0.3 is 6.18 Å². The Hall–Kier alpha value is -1.08. The third-order valence-corrected chi connectivity index (χ3v) is 2.85. The average Bonchev–Trinajstić information content (AvgIpc) is 2.12. The normalized spacial score (nSPS) is 14.6. The van der Waals surface area contributed by atoms with Crippen LogP contribution in [0.1, 0.15) is 29.7 Å². The molecule has 0 amide bonds. The Morgan fingerprint density at radius 2 is 1.78 bits per heavy atom. The van der Waals surface area contributed by atoms with E-state index in [1.807, 2.05) is 0 Å². The second-order valence-corrected chi connectivity index (χ2v) is 5.67. The second kappa shape index (κ2) is 4.89. The molecule has 0 aromatic heterocycles. The summed E-state index contributed by atoms with van der Waals surface area (Å²) in [5.41, 5.74) is -0.252. The van der Waals surface area contributed by atoms with Gasteiger partial charge in [0.2, 0.25) is 0 Å². The van der Waals surface area contributed by atoms with Gasteiger partial charge in [-0.05, 0) is 31.5 Å². The highest BCUT2D eigenvalue weighted by atomic mass is 32.2. The summed E-state index contributed by atoms with van der Waals surface area (Å²) in [7, 11) is -3.71. The number of aryl methyl sites for hydroxylation is 1. The van der Waals surface area contributed by atoms with Crippen LogP contribution >= 0.6 is 0 Å². The summed E-state index contributed by atoms with van der Waals surface area (Å²) in [4.78, 5) is 0. The van der Waals surface area contributed by atoms with Crippen LogP contribution in [0, 0.1) is 6.92 Å². The van der Waals surface area contributed by atoms with Gasteiger partial charge in [0.15, 0.2) is 0 Å². The Morgan fingerprint density at radius 1 is 1.22 bits per heavy atom. The highest BCUT2D eigenvalue weighted by Gasteiger charge is 2.31. The lowest BCUT2D eigenvalue weighted by Gasteiger charge is -2.15. The van der Waals surface area contributed by atoms with Crippen LogP contribution in [0.3, 0.4) is 0 Å². The minimum Gasteiger partial charge on any atom is -0.262 e. The van der Waals surface area contributed by atoms with Gasteiger partial charge in [0, 0.05) is 0 Å². The van der Waals surface area contributed by atoms with E-state index in [-0.39, 0.29) is 5.56 Å². The molecule has 3 nitrogen and oxygen atoms in total. The number of rotatable bonds is 3. The fraction of sp³-hybridized carbons (Fsp3) is 0.455. The molecule has 7 heteroatoms. The number of halogens is 3. The maximum Gasteiger partial charge on any atom is 0.416 e. The largest absolute Gasteiger partial charge is 0.416 e. The van der Waals surface area contributed by atoms with Gasteiger partial charge in [0.05, 0.1) is 17.9 Å². The zero-order chi connectivity index (χ0) is 14.1. The summed E-state index contributed by atoms with van der Waals surface area (Å²) in [6, 6.07) is 3.35. The molecule has 1 atom stereocenters. The van der Waals surface area contributed by atoms with E-state index < -0.39 is 28.0 Å². The molecule has 1 aromatic rings. The van der Waals surface area contributed by atoms with Crippen molar-refractivity contribution in [3.63, 3.8) is 0 Å². The maximum absolute atomic E-state index is 12.6. The summed E-state index contributed by atoms with van der Waals surface area (Å²) >= 11 is 0. The fourth-order valence-electron chi connectivity index (χ4n) is 1.53. The van der Waals surface area contributed by atoms with Crippen LogP contribution in [-0.4, -0.2) is 14.7 Å². The van der Waals surface area contributed by atoms with E-state index in [2.05, 4.69) is 4.18 Å². The lowest BCUT2D eigenvalue weighted by Crippen LogP contribution is -2.10. The van der Waals surface area contributed by atoms with Crippen molar-refractivity contribution in [1.29, 1.82) is 0 Å². The number of hydrogen-bond acceptors (Lipinski definition) is 3. The predicted octanol–water partition coefficient (Wildman–Crippen LogP) is 3.05. The standard InChI is InChI=1S/C11H13F3O3S/c1-7-4-9(8(2)17-18(3,15)16)6-10(5-7)11(12,13)14/h4-6,8H,1-3H3/t8-/m0/s1. The molecule has 0 fully saturated rings. The quantitative estimate of drug-likeness (QED) is 0.800. The van der Waals surface area contributed by atoms with Gasteiger partial charge in [-0.1, -0.05) is 11.6 Å². The molecule has 0 aliphatic carbocycles. The van der Waals surface area contributed by atoms with Crippen molar-refractivity contribution in [1.82, 2.24) is 0 Å². The van der Waals surface area contributed by atoms with Crippen molar-refractivity contribution in [2.75, 3.05) is 6.26 Å². The first-order valence-electron chi connectivity index (χ1n) is 5.06. The summed E-state index contributed by atoms with van der Waals surface area (Å²) in [5, 5.41) is 0. The summed E-state index contributed by atoms with van der Waals surface area (Å²) in [6.07, 6.45) is -4.57. The minimum absolute atomic E-state index is 0.174. The SMILES string of the molecule is Cc1cc([C@H](C)OS(C)(=O)=O)cc(C(F)(F)F)c1. The Morgan fingerprint density at radius 3 is 2.22 bits per heavy atom. The molecular weight excluding hydrogens is 269 g/mol. The third kappa shape index (κ3) is 4.30. The van der Waals surface area contributed by atoms with Gasteiger partial charge in [-0.3, -0.25) is 4.18 Å². The van der Waals surface area contributed by atoms with Crippen LogP contribution in [0.4, 0.5) is 13.2 Å². The molecule has 0 unspecified atom stereocenters. The van der Waals surface area contributed by atoms with Crippen molar-refractivity contribution >= 4 is 10.1 Å². The second-order valence-electron chi connectivity index (χ2n) is 4.07. The zero-order valence-electron chi connectivity index (χ0n) is 10.1. The zero-order valence-corrected chi connectivity index (χ0v) is 10.9. The van der Waals surface area contributed by atoms with Gasteiger partial charge in [-0.2, -0.15) is 21.6 Å². The number of alkyl halides is 3. The smallest absolute Gasteiger partial charge is 0.262 e. The van der Waals surface area contributed by atoms with E-state index in [9.17, 15) is 21.6 Å². The van der Waals surface area contributed by atoms with Crippen LogP contribution in [0.25, 0.3) is 0 Å². The molecule has 0 aliphatic heterocycles. The van der Waals surface area contributed by atoms with Gasteiger partial charge in [0.25, 0.3) is 10.1 Å². The Labute approximate surface area is 104 Å². The molecule has 0 N–H and O–H groups in total. The molecule has 0 saturated carbocycles. The molecule has 102 valence electrons. The lowest BCUT2D eigenvalue weighted by atomic mass is 10.0. The number of benzene rings is 1. The molecule has 0 saturated heterocycles. The van der Waals surface area contributed by atoms with Crippen molar-refractivity contribution in [2.24, 2.45) is 0 Å². The minimum atomic E-state index is -4.47. The van der Waals surface area contributed by atoms with E-state index >= 15 is 0 Å². The maximum atomic E-state index is 12.6. The van der Waals surface area contributed by atoms with Crippen LogP contribution in [0.5, 0.6) is 0 Å². The monoisotopic (exact) mass is 282 g/mol. The van der Waals surface area contributed by atoms with E-state index in [1.54, 1.807) is 0 Å². The average molecular weight is 282 g/mol. The molecule has 18 heavy (non-hydrogen) atoms. The van der Waals surface area contributed by atoms with Crippen molar-refractivity contribution < 1.29 is 25.8 Å². The van der Waals surface area contributed by atoms with E-state index in [0.717, 1.165) is 18.4 Å². The van der Waals surface area contributed by atoms with Crippen molar-refractivity contribution in [3.8, 4) is 0 Å². The van der Waals surface area contributed by atoms with Gasteiger partial charge < -0.3 is 0 Å². The van der Waals surface area contributed by atoms with Crippen molar-refractivity contribution in [2.45, 2.75) is 26.1 Å². The third-order valence-electron chi connectivity index (χ3n) is 2.22. The molecule has 1 rings (SSSR count). The topological polar surface area (TPSA) is 43.4 Å². The fourth-order valence-corrected chi connectivity index (χ4v) is 2.16. The predicted molar refractivity (Wildman–Crippen MR) is 60.5 cm³/mol. The first-order chi connectivity index (χ1) is 7.99. The highest BCUT2D eigenvalue weighted by Crippen LogP contribution is 2.32. The van der Waals surface area contributed by atoms with E-state index in [0.29, 0.717) is 5.56 Å². The van der Waals surface area contributed by atoms with Crippen LogP contribution in [-0.2, 0) is 20.5 Å². The van der Waals surface area contributed by atoms with E-state index in [4.69, 9.17) is 0 Å². The Kier molecular flexibility index (Phi) is 4.07. The Balaban J connectivity index is 3.14. The van der Waals surface area contributed by atoms with Crippen LogP contribution in [0.2, 0.25) is 0 Å². The Bertz CT molecular complexity index is 535. The van der Waals surface area contributed by atoms with E-state index in [1.165, 1.54) is 19.9 Å². The molecular formula is C11H13F3O3S. The first kappa shape index (κ1) is 15.0. The summed E-state index contributed by atoms with van der Waals surface area (Å²) in [5.74, 6) is 0. The lowest BCUT2D eigenvalue weighted by molar-refractivity contribution is -0.137. The summed E-state index contributed by atoms with van der Waals surface area (Å²) < 4.78 is 64.3. The van der Waals surface area contributed by atoms with Gasteiger partial charge in [-0.25, -0.2) is 0 Å². The molecule has 0 aliphatic rings. The highest BCUT2D eigenvalue weighted by molar-refractivity contribution is 7.86. The molecule has 1 aromatic carbocycles. The molecule has 0 bridgehead atoms. The summed E-state index contributed by atoms with van der Waals surface area (Å²) in [6.45, 7) is 2.89. The van der Waals surface area contributed by atoms with Crippen LogP contribution < -0.4 is 0 Å². The number of hydrogen-bond donors (Lipinski definition) is 0. The molecule has 0 radical (unpaired) electrons. The first-order valence-corrected chi connectivity index (χ1v) is 6.88. The van der Waals surface area contributed by atoms with Crippen molar-refractivity contribution in [3.05, 3.63) is 34.9 Å². The van der Waals surface area contributed by atoms with Gasteiger partial charge in [0.1, 0.15) is 0 Å². The molecule has 0 heterocycles. The van der Waals surface area contributed by atoms with Gasteiger partial charge in [-0.15, -0.1) is 0 Å².